The van der Waals surface area contributed by atoms with Crippen molar-refractivity contribution in [3.05, 3.63) is 96.8 Å². The second-order valence-corrected chi connectivity index (χ2v) is 10.3. The fourth-order valence-corrected chi connectivity index (χ4v) is 5.20. The zero-order chi connectivity index (χ0) is 24.9. The lowest BCUT2D eigenvalue weighted by atomic mass is 10.1. The van der Waals surface area contributed by atoms with Crippen LogP contribution >= 0.6 is 50.9 Å². The van der Waals surface area contributed by atoms with Crippen molar-refractivity contribution in [2.45, 2.75) is 13.0 Å². The lowest BCUT2D eigenvalue weighted by Crippen LogP contribution is -2.30. The molecular weight excluding hydrogens is 573 g/mol. The Balaban J connectivity index is 1.50. The molecule has 1 aliphatic heterocycles. The average molecular weight is 593 g/mol. The van der Waals surface area contributed by atoms with Crippen LogP contribution in [0.25, 0.3) is 6.08 Å². The summed E-state index contributed by atoms with van der Waals surface area (Å²) in [7, 11) is 1.53. The molecule has 35 heavy (non-hydrogen) atoms. The Labute approximate surface area is 226 Å². The second-order valence-electron chi connectivity index (χ2n) is 7.62. The van der Waals surface area contributed by atoms with Gasteiger partial charge in [0.15, 0.2) is 11.5 Å². The molecule has 2 amide bonds. The van der Waals surface area contributed by atoms with Crippen LogP contribution in [0.5, 0.6) is 11.5 Å². The lowest BCUT2D eigenvalue weighted by Gasteiger charge is -2.14. The van der Waals surface area contributed by atoms with Crippen molar-refractivity contribution in [1.82, 2.24) is 4.90 Å². The number of carbonyl (C=O) groups excluding carboxylic acids is 2. The molecule has 0 radical (unpaired) electrons. The molecule has 0 N–H and O–H groups in total. The van der Waals surface area contributed by atoms with Crippen molar-refractivity contribution < 1.29 is 19.1 Å². The summed E-state index contributed by atoms with van der Waals surface area (Å²) >= 11 is 16.7. The molecule has 1 fully saturated rings. The van der Waals surface area contributed by atoms with Crippen molar-refractivity contribution in [2.75, 3.05) is 13.7 Å². The number of nitrogens with zero attached hydrogens (tertiary/aromatic N) is 1. The van der Waals surface area contributed by atoms with Crippen molar-refractivity contribution in [2.24, 2.45) is 0 Å². The molecule has 4 rings (SSSR count). The van der Waals surface area contributed by atoms with E-state index in [0.29, 0.717) is 49.5 Å². The van der Waals surface area contributed by atoms with Gasteiger partial charge >= 0.3 is 0 Å². The molecule has 0 saturated carbocycles. The predicted octanol–water partition coefficient (Wildman–Crippen LogP) is 7.62. The van der Waals surface area contributed by atoms with E-state index >= 15 is 0 Å². The van der Waals surface area contributed by atoms with E-state index in [-0.39, 0.29) is 17.8 Å². The summed E-state index contributed by atoms with van der Waals surface area (Å²) in [6, 6.07) is 18.5. The van der Waals surface area contributed by atoms with Crippen LogP contribution in [0.2, 0.25) is 10.0 Å². The van der Waals surface area contributed by atoms with Crippen LogP contribution in [0.4, 0.5) is 4.79 Å². The van der Waals surface area contributed by atoms with Gasteiger partial charge in [-0.25, -0.2) is 0 Å². The third kappa shape index (κ3) is 6.22. The van der Waals surface area contributed by atoms with E-state index in [9.17, 15) is 9.59 Å². The monoisotopic (exact) mass is 591 g/mol. The van der Waals surface area contributed by atoms with E-state index in [4.69, 9.17) is 32.7 Å². The molecule has 180 valence electrons. The number of hydrogen-bond acceptors (Lipinski definition) is 5. The third-order valence-corrected chi connectivity index (χ3v) is 7.49. The first-order valence-corrected chi connectivity index (χ1v) is 13.0. The minimum absolute atomic E-state index is 0.221. The van der Waals surface area contributed by atoms with E-state index in [0.717, 1.165) is 22.9 Å². The number of halogens is 3. The topological polar surface area (TPSA) is 55.8 Å². The van der Waals surface area contributed by atoms with Crippen LogP contribution < -0.4 is 9.47 Å². The summed E-state index contributed by atoms with van der Waals surface area (Å²) in [4.78, 5) is 27.0. The highest BCUT2D eigenvalue weighted by molar-refractivity contribution is 9.10. The van der Waals surface area contributed by atoms with Crippen molar-refractivity contribution in [3.63, 3.8) is 0 Å². The van der Waals surface area contributed by atoms with Crippen molar-refractivity contribution in [1.29, 1.82) is 0 Å². The van der Waals surface area contributed by atoms with Crippen LogP contribution in [0.1, 0.15) is 16.7 Å². The average Bonchev–Trinajstić information content (AvgIpc) is 3.11. The molecule has 5 nitrogen and oxygen atoms in total. The van der Waals surface area contributed by atoms with Gasteiger partial charge in [-0.15, -0.1) is 0 Å². The van der Waals surface area contributed by atoms with E-state index < -0.39 is 0 Å². The summed E-state index contributed by atoms with van der Waals surface area (Å²) in [6.45, 7) is 0.551. The van der Waals surface area contributed by atoms with Crippen molar-refractivity contribution >= 4 is 68.1 Å². The Kier molecular flexibility index (Phi) is 8.44. The molecule has 9 heteroatoms. The minimum Gasteiger partial charge on any atom is -0.493 e. The fourth-order valence-electron chi connectivity index (χ4n) is 3.45. The third-order valence-electron chi connectivity index (χ3n) is 5.31. The Bertz CT molecular complexity index is 1300. The maximum Gasteiger partial charge on any atom is 0.293 e. The highest BCUT2D eigenvalue weighted by atomic mass is 79.9. The number of ether oxygens (including phenoxy) is 2. The highest BCUT2D eigenvalue weighted by Crippen LogP contribution is 2.38. The predicted molar refractivity (Wildman–Crippen MR) is 144 cm³/mol. The SMILES string of the molecule is COc1cc(/C=C2\SC(=O)N(CCc3ccccc3)C2=O)c(Br)cc1OCc1ccc(Cl)cc1Cl. The van der Waals surface area contributed by atoms with Crippen molar-refractivity contribution in [3.8, 4) is 11.5 Å². The Morgan fingerprint density at radius 3 is 2.51 bits per heavy atom. The van der Waals surface area contributed by atoms with Gasteiger partial charge in [0.25, 0.3) is 11.1 Å². The van der Waals surface area contributed by atoms with Gasteiger partial charge in [-0.1, -0.05) is 75.5 Å². The summed E-state index contributed by atoms with van der Waals surface area (Å²) in [5.41, 5.74) is 2.54. The molecule has 1 aliphatic rings. The molecule has 0 spiro atoms. The number of imide groups is 1. The number of thioether (sulfide) groups is 1. The molecule has 0 aliphatic carbocycles. The normalized spacial score (nSPS) is 14.6. The minimum atomic E-state index is -0.306. The van der Waals surface area contributed by atoms with E-state index in [1.165, 1.54) is 12.0 Å². The highest BCUT2D eigenvalue weighted by Gasteiger charge is 2.34. The van der Waals surface area contributed by atoms with Crippen LogP contribution in [0.15, 0.2) is 70.0 Å². The molecule has 3 aromatic rings. The number of benzene rings is 3. The molecular formula is C26H20BrCl2NO4S. The fraction of sp³-hybridized carbons (Fsp3) is 0.154. The van der Waals surface area contributed by atoms with Crippen LogP contribution in [-0.2, 0) is 17.8 Å². The van der Waals surface area contributed by atoms with Gasteiger partial charge in [0.1, 0.15) is 6.61 Å². The van der Waals surface area contributed by atoms with Gasteiger partial charge < -0.3 is 9.47 Å². The number of hydrogen-bond donors (Lipinski definition) is 0. The van der Waals surface area contributed by atoms with Gasteiger partial charge in [-0.2, -0.15) is 0 Å². The molecule has 3 aromatic carbocycles. The van der Waals surface area contributed by atoms with Gasteiger partial charge in [-0.05, 0) is 59.7 Å². The zero-order valence-electron chi connectivity index (χ0n) is 18.6. The lowest BCUT2D eigenvalue weighted by molar-refractivity contribution is -0.122. The molecule has 0 aromatic heterocycles. The Hall–Kier alpha value is -2.45. The van der Waals surface area contributed by atoms with Gasteiger partial charge in [-0.3, -0.25) is 14.5 Å². The Morgan fingerprint density at radius 1 is 1.03 bits per heavy atom. The van der Waals surface area contributed by atoms with E-state index in [1.807, 2.05) is 30.3 Å². The van der Waals surface area contributed by atoms with Gasteiger partial charge in [0, 0.05) is 26.6 Å². The quantitative estimate of drug-likeness (QED) is 0.252. The smallest absolute Gasteiger partial charge is 0.293 e. The number of amides is 2. The largest absolute Gasteiger partial charge is 0.493 e. The first-order valence-electron chi connectivity index (χ1n) is 10.6. The maximum atomic E-state index is 12.9. The molecule has 0 unspecified atom stereocenters. The number of carbonyl (C=O) groups is 2. The molecule has 1 saturated heterocycles. The standard InChI is InChI=1S/C26H20BrCl2NO4S/c1-33-22-11-18(20(27)14-23(22)34-15-17-7-8-19(28)13-21(17)29)12-24-25(31)30(26(32)35-24)10-9-16-5-3-2-4-6-16/h2-8,11-14H,9-10,15H2,1H3/b24-12-. The number of methoxy groups -OCH3 is 1. The van der Waals surface area contributed by atoms with Gasteiger partial charge in [0.05, 0.1) is 12.0 Å². The van der Waals surface area contributed by atoms with Crippen LogP contribution in [0.3, 0.4) is 0 Å². The van der Waals surface area contributed by atoms with Crippen LogP contribution in [-0.4, -0.2) is 29.7 Å². The summed E-state index contributed by atoms with van der Waals surface area (Å²) in [5.74, 6) is 0.672. The second kappa shape index (κ2) is 11.5. The van der Waals surface area contributed by atoms with E-state index in [1.54, 1.807) is 36.4 Å². The number of rotatable bonds is 8. The van der Waals surface area contributed by atoms with E-state index in [2.05, 4.69) is 15.9 Å². The van der Waals surface area contributed by atoms with Crippen LogP contribution in [0, 0.1) is 0 Å². The summed E-state index contributed by atoms with van der Waals surface area (Å²) < 4.78 is 12.1. The molecule has 1 heterocycles. The first-order chi connectivity index (χ1) is 16.9. The first kappa shape index (κ1) is 25.6. The van der Waals surface area contributed by atoms with Gasteiger partial charge in [0.2, 0.25) is 0 Å². The molecule has 0 atom stereocenters. The molecule has 0 bridgehead atoms. The summed E-state index contributed by atoms with van der Waals surface area (Å²) in [5, 5.41) is 0.781. The maximum absolute atomic E-state index is 12.9. The zero-order valence-corrected chi connectivity index (χ0v) is 22.5. The Morgan fingerprint density at radius 2 is 1.80 bits per heavy atom. The summed E-state index contributed by atoms with van der Waals surface area (Å²) in [6.07, 6.45) is 2.28.